The lowest BCUT2D eigenvalue weighted by Crippen LogP contribution is -1.98. The Morgan fingerprint density at radius 1 is 1.08 bits per heavy atom. The highest BCUT2D eigenvalue weighted by atomic mass is 32.2. The monoisotopic (exact) mass is 190 g/mol. The summed E-state index contributed by atoms with van der Waals surface area (Å²) < 4.78 is 0. The zero-order valence-electron chi connectivity index (χ0n) is 8.29. The Morgan fingerprint density at radius 3 is 2.23 bits per heavy atom. The molecule has 1 heteroatoms. The van der Waals surface area contributed by atoms with Crippen molar-refractivity contribution in [2.24, 2.45) is 5.41 Å². The van der Waals surface area contributed by atoms with Gasteiger partial charge >= 0.3 is 0 Å². The van der Waals surface area contributed by atoms with Crippen molar-refractivity contribution < 1.29 is 0 Å². The lowest BCUT2D eigenvalue weighted by atomic mass is 9.99. The van der Waals surface area contributed by atoms with Gasteiger partial charge in [-0.3, -0.25) is 0 Å². The van der Waals surface area contributed by atoms with E-state index in [2.05, 4.69) is 44.1 Å². The third-order valence-corrected chi connectivity index (χ3v) is 2.05. The second kappa shape index (κ2) is 4.39. The Morgan fingerprint density at radius 2 is 1.69 bits per heavy atom. The summed E-state index contributed by atoms with van der Waals surface area (Å²) in [6.45, 7) is 6.35. The molecule has 0 radical (unpaired) electrons. The topological polar surface area (TPSA) is 0 Å². The fourth-order valence-corrected chi connectivity index (χ4v) is 1.49. The lowest BCUT2D eigenvalue weighted by molar-refractivity contribution is 0.571. The smallest absolute Gasteiger partial charge is 0.0239 e. The Bertz CT molecular complexity index is 308. The van der Waals surface area contributed by atoms with Crippen molar-refractivity contribution in [1.82, 2.24) is 0 Å². The minimum absolute atomic E-state index is 0.0990. The molecule has 13 heavy (non-hydrogen) atoms. The van der Waals surface area contributed by atoms with Crippen molar-refractivity contribution in [3.8, 4) is 11.2 Å². The van der Waals surface area contributed by atoms with Gasteiger partial charge in [0.25, 0.3) is 0 Å². The molecule has 0 fully saturated rings. The maximum atomic E-state index is 3.18. The van der Waals surface area contributed by atoms with Crippen LogP contribution in [0.3, 0.4) is 0 Å². The van der Waals surface area contributed by atoms with Gasteiger partial charge in [0.1, 0.15) is 0 Å². The molecule has 0 nitrogen and oxygen atoms in total. The van der Waals surface area contributed by atoms with E-state index < -0.39 is 0 Å². The van der Waals surface area contributed by atoms with Gasteiger partial charge in [-0.25, -0.2) is 0 Å². The fourth-order valence-electron chi connectivity index (χ4n) is 0.726. The van der Waals surface area contributed by atoms with Crippen molar-refractivity contribution in [1.29, 1.82) is 0 Å². The molecule has 0 aliphatic rings. The quantitative estimate of drug-likeness (QED) is 0.479. The molecule has 0 aliphatic heterocycles. The molecule has 0 unspecified atom stereocenters. The SMILES string of the molecule is CC(C)(C)C#CSc1ccccc1. The molecule has 1 aromatic carbocycles. The molecule has 1 aromatic rings. The molecule has 0 saturated carbocycles. The van der Waals surface area contributed by atoms with Crippen LogP contribution in [0.4, 0.5) is 0 Å². The maximum Gasteiger partial charge on any atom is 0.0239 e. The minimum Gasteiger partial charge on any atom is -0.0850 e. The Labute approximate surface area is 84.7 Å². The lowest BCUT2D eigenvalue weighted by Gasteiger charge is -2.06. The summed E-state index contributed by atoms with van der Waals surface area (Å²) >= 11 is 1.59. The Hall–Kier alpha value is -0.870. The van der Waals surface area contributed by atoms with E-state index in [1.54, 1.807) is 11.8 Å². The van der Waals surface area contributed by atoms with Crippen molar-refractivity contribution in [2.45, 2.75) is 25.7 Å². The average molecular weight is 190 g/mol. The van der Waals surface area contributed by atoms with Crippen LogP contribution in [0.15, 0.2) is 35.2 Å². The second-order valence-electron chi connectivity index (χ2n) is 3.89. The number of hydrogen-bond donors (Lipinski definition) is 0. The van der Waals surface area contributed by atoms with Crippen LogP contribution in [-0.4, -0.2) is 0 Å². The van der Waals surface area contributed by atoms with E-state index in [1.807, 2.05) is 18.2 Å². The van der Waals surface area contributed by atoms with Crippen LogP contribution < -0.4 is 0 Å². The summed E-state index contributed by atoms with van der Waals surface area (Å²) in [5.41, 5.74) is 0.0990. The molecular formula is C12H14S. The molecule has 68 valence electrons. The molecule has 0 spiro atoms. The molecule has 0 aliphatic carbocycles. The number of rotatable bonds is 1. The van der Waals surface area contributed by atoms with E-state index >= 15 is 0 Å². The highest BCUT2D eigenvalue weighted by Crippen LogP contribution is 2.17. The van der Waals surface area contributed by atoms with Crippen molar-refractivity contribution >= 4 is 11.8 Å². The number of thioether (sulfide) groups is 1. The van der Waals surface area contributed by atoms with Gasteiger partial charge in [0.2, 0.25) is 0 Å². The van der Waals surface area contributed by atoms with Crippen LogP contribution >= 0.6 is 11.8 Å². The average Bonchev–Trinajstić information content (AvgIpc) is 2.04. The van der Waals surface area contributed by atoms with Crippen molar-refractivity contribution in [3.63, 3.8) is 0 Å². The van der Waals surface area contributed by atoms with E-state index in [4.69, 9.17) is 0 Å². The number of benzene rings is 1. The van der Waals surface area contributed by atoms with Gasteiger partial charge in [0.05, 0.1) is 0 Å². The first-order valence-corrected chi connectivity index (χ1v) is 5.14. The summed E-state index contributed by atoms with van der Waals surface area (Å²) in [5.74, 6) is 3.18. The summed E-state index contributed by atoms with van der Waals surface area (Å²) in [4.78, 5) is 1.21. The summed E-state index contributed by atoms with van der Waals surface area (Å²) in [6, 6.07) is 10.2. The van der Waals surface area contributed by atoms with Gasteiger partial charge in [0.15, 0.2) is 0 Å². The van der Waals surface area contributed by atoms with Crippen LogP contribution in [0.2, 0.25) is 0 Å². The van der Waals surface area contributed by atoms with Gasteiger partial charge < -0.3 is 0 Å². The van der Waals surface area contributed by atoms with E-state index in [-0.39, 0.29) is 5.41 Å². The standard InChI is InChI=1S/C12H14S/c1-12(2,3)9-10-13-11-7-5-4-6-8-11/h4-8H,1-3H3. The third-order valence-electron chi connectivity index (χ3n) is 1.34. The molecule has 0 amide bonds. The van der Waals surface area contributed by atoms with Gasteiger partial charge in [-0.05, 0) is 49.9 Å². The number of hydrogen-bond acceptors (Lipinski definition) is 1. The predicted octanol–water partition coefficient (Wildman–Crippen LogP) is 3.79. The summed E-state index contributed by atoms with van der Waals surface area (Å²) in [5, 5.41) is 3.11. The van der Waals surface area contributed by atoms with Crippen LogP contribution in [-0.2, 0) is 0 Å². The first-order chi connectivity index (χ1) is 6.08. The minimum atomic E-state index is 0.0990. The highest BCUT2D eigenvalue weighted by molar-refractivity contribution is 8.03. The van der Waals surface area contributed by atoms with Crippen LogP contribution in [0, 0.1) is 16.6 Å². The summed E-state index contributed by atoms with van der Waals surface area (Å²) in [7, 11) is 0. The van der Waals surface area contributed by atoms with E-state index in [0.29, 0.717) is 0 Å². The van der Waals surface area contributed by atoms with Crippen molar-refractivity contribution in [2.75, 3.05) is 0 Å². The molecule has 0 bridgehead atoms. The molecule has 0 saturated heterocycles. The van der Waals surface area contributed by atoms with E-state index in [0.717, 1.165) is 0 Å². The van der Waals surface area contributed by atoms with E-state index in [9.17, 15) is 0 Å². The molecule has 0 heterocycles. The zero-order valence-corrected chi connectivity index (χ0v) is 9.11. The first kappa shape index (κ1) is 10.2. The normalized spacial score (nSPS) is 10.4. The van der Waals surface area contributed by atoms with Gasteiger partial charge in [-0.1, -0.05) is 24.1 Å². The first-order valence-electron chi connectivity index (χ1n) is 4.32. The van der Waals surface area contributed by atoms with Gasteiger partial charge in [0, 0.05) is 10.3 Å². The molecule has 0 N–H and O–H groups in total. The largest absolute Gasteiger partial charge is 0.0850 e. The Balaban J connectivity index is 2.56. The summed E-state index contributed by atoms with van der Waals surface area (Å²) in [6.07, 6.45) is 0. The Kier molecular flexibility index (Phi) is 3.45. The van der Waals surface area contributed by atoms with Gasteiger partial charge in [-0.15, -0.1) is 0 Å². The maximum absolute atomic E-state index is 3.18. The van der Waals surface area contributed by atoms with Crippen LogP contribution in [0.25, 0.3) is 0 Å². The predicted molar refractivity (Wildman–Crippen MR) is 59.5 cm³/mol. The van der Waals surface area contributed by atoms with Crippen LogP contribution in [0.1, 0.15) is 20.8 Å². The molecule has 0 atom stereocenters. The molecule has 1 rings (SSSR count). The zero-order chi connectivity index (χ0) is 9.73. The van der Waals surface area contributed by atoms with Crippen LogP contribution in [0.5, 0.6) is 0 Å². The second-order valence-corrected chi connectivity index (χ2v) is 4.77. The highest BCUT2D eigenvalue weighted by Gasteiger charge is 2.02. The third kappa shape index (κ3) is 4.65. The van der Waals surface area contributed by atoms with Gasteiger partial charge in [-0.2, -0.15) is 0 Å². The fraction of sp³-hybridized carbons (Fsp3) is 0.333. The molecular weight excluding hydrogens is 176 g/mol. The van der Waals surface area contributed by atoms with E-state index in [1.165, 1.54) is 4.90 Å². The van der Waals surface area contributed by atoms with Crippen molar-refractivity contribution in [3.05, 3.63) is 30.3 Å². The molecule has 0 aromatic heterocycles.